The number of rotatable bonds is 4. The second-order valence-corrected chi connectivity index (χ2v) is 5.27. The molecular formula is C11H13NO5S. The van der Waals surface area contributed by atoms with Gasteiger partial charge in [-0.3, -0.25) is 14.5 Å². The van der Waals surface area contributed by atoms with E-state index in [1.807, 2.05) is 0 Å². The molecule has 1 saturated heterocycles. The molecule has 0 bridgehead atoms. The van der Waals surface area contributed by atoms with Gasteiger partial charge in [-0.15, -0.1) is 11.8 Å². The summed E-state index contributed by atoms with van der Waals surface area (Å²) < 4.78 is 4.76. The normalized spacial score (nSPS) is 27.2. The maximum Gasteiger partial charge on any atom is 0.356 e. The van der Waals surface area contributed by atoms with E-state index in [0.717, 1.165) is 0 Å². The molecule has 2 rings (SSSR count). The van der Waals surface area contributed by atoms with Crippen LogP contribution in [0.4, 0.5) is 0 Å². The van der Waals surface area contributed by atoms with Gasteiger partial charge in [-0.2, -0.15) is 0 Å². The van der Waals surface area contributed by atoms with Gasteiger partial charge in [0.15, 0.2) is 5.78 Å². The quantitative estimate of drug-likeness (QED) is 0.566. The van der Waals surface area contributed by atoms with Gasteiger partial charge in [0.05, 0.1) is 12.0 Å². The van der Waals surface area contributed by atoms with E-state index in [-0.39, 0.29) is 29.4 Å². The zero-order chi connectivity index (χ0) is 13.4. The van der Waals surface area contributed by atoms with Gasteiger partial charge >= 0.3 is 5.97 Å². The summed E-state index contributed by atoms with van der Waals surface area (Å²) in [6.07, 6.45) is -0.743. The number of thioether (sulfide) groups is 1. The number of nitrogens with zero attached hydrogens (tertiary/aromatic N) is 1. The van der Waals surface area contributed by atoms with Crippen LogP contribution in [0.5, 0.6) is 0 Å². The average Bonchev–Trinajstić information content (AvgIpc) is 2.64. The molecule has 2 aliphatic rings. The molecule has 2 heterocycles. The number of fused-ring (bicyclic) bond motifs is 1. The molecule has 6 nitrogen and oxygen atoms in total. The topological polar surface area (TPSA) is 83.9 Å². The van der Waals surface area contributed by atoms with Crippen molar-refractivity contribution < 1.29 is 24.2 Å². The lowest BCUT2D eigenvalue weighted by molar-refractivity contribution is -0.158. The van der Waals surface area contributed by atoms with Crippen LogP contribution in [0.25, 0.3) is 0 Å². The van der Waals surface area contributed by atoms with Crippen molar-refractivity contribution in [2.75, 3.05) is 6.61 Å². The molecule has 7 heteroatoms. The number of aliphatic hydroxyl groups excluding tert-OH is 1. The molecule has 3 atom stereocenters. The highest BCUT2D eigenvalue weighted by Crippen LogP contribution is 2.46. The first-order chi connectivity index (χ1) is 8.43. The average molecular weight is 271 g/mol. The van der Waals surface area contributed by atoms with Crippen LogP contribution >= 0.6 is 11.8 Å². The molecule has 0 saturated carbocycles. The third kappa shape index (κ3) is 2.04. The minimum atomic E-state index is -0.743. The van der Waals surface area contributed by atoms with Gasteiger partial charge in [0.25, 0.3) is 0 Å². The maximum atomic E-state index is 11.8. The summed E-state index contributed by atoms with van der Waals surface area (Å²) in [5, 5.41) is 10.7. The second kappa shape index (κ2) is 4.74. The van der Waals surface area contributed by atoms with Crippen molar-refractivity contribution in [2.24, 2.45) is 5.92 Å². The fourth-order valence-electron chi connectivity index (χ4n) is 1.91. The van der Waals surface area contributed by atoms with Crippen LogP contribution in [0.2, 0.25) is 0 Å². The summed E-state index contributed by atoms with van der Waals surface area (Å²) in [5.74, 6) is -1.71. The van der Waals surface area contributed by atoms with Gasteiger partial charge in [-0.1, -0.05) is 0 Å². The number of ether oxygens (including phenoxy) is 1. The van der Waals surface area contributed by atoms with E-state index in [1.54, 1.807) is 6.92 Å². The number of ketones is 1. The molecule has 0 aliphatic carbocycles. The summed E-state index contributed by atoms with van der Waals surface area (Å²) >= 11 is 1.30. The summed E-state index contributed by atoms with van der Waals surface area (Å²) in [7, 11) is 0. The Morgan fingerprint density at radius 2 is 2.28 bits per heavy atom. The van der Waals surface area contributed by atoms with E-state index in [9.17, 15) is 19.5 Å². The number of carbonyl (C=O) groups excluding carboxylic acids is 3. The van der Waals surface area contributed by atoms with E-state index >= 15 is 0 Å². The summed E-state index contributed by atoms with van der Waals surface area (Å²) in [6.45, 7) is 2.56. The first-order valence-electron chi connectivity index (χ1n) is 5.47. The minimum Gasteiger partial charge on any atom is -0.453 e. The van der Waals surface area contributed by atoms with Crippen molar-refractivity contribution in [2.45, 2.75) is 25.3 Å². The molecule has 18 heavy (non-hydrogen) atoms. The maximum absolute atomic E-state index is 11.8. The van der Waals surface area contributed by atoms with Gasteiger partial charge < -0.3 is 9.84 Å². The third-order valence-electron chi connectivity index (χ3n) is 2.80. The standard InChI is InChI=1S/C11H13NO5S/c1-5(13)3-17-11(16)7-4-18-10-8(6(2)14)9(15)12(7)10/h4,6,8,10,14H,3H2,1-2H3/t6?,8?,10-/m1/s1. The Morgan fingerprint density at radius 1 is 1.61 bits per heavy atom. The molecule has 2 aliphatic heterocycles. The largest absolute Gasteiger partial charge is 0.453 e. The molecule has 1 amide bonds. The molecule has 0 aromatic heterocycles. The van der Waals surface area contributed by atoms with Crippen LogP contribution < -0.4 is 0 Å². The number of β-lactam (4-membered cyclic amide) rings is 1. The predicted octanol–water partition coefficient (Wildman–Crippen LogP) is -0.128. The fourth-order valence-corrected chi connectivity index (χ4v) is 3.24. The van der Waals surface area contributed by atoms with E-state index in [2.05, 4.69) is 0 Å². The van der Waals surface area contributed by atoms with E-state index in [0.29, 0.717) is 0 Å². The Balaban J connectivity index is 2.00. The van der Waals surface area contributed by atoms with Crippen LogP contribution in [0.15, 0.2) is 11.1 Å². The molecule has 0 aromatic carbocycles. The Labute approximate surface area is 108 Å². The molecule has 2 unspecified atom stereocenters. The lowest BCUT2D eigenvalue weighted by Crippen LogP contribution is -2.60. The SMILES string of the molecule is CC(=O)COC(=O)C1=CS[C@@H]2C(C(C)O)C(=O)N12. The van der Waals surface area contributed by atoms with Crippen LogP contribution in [0.3, 0.4) is 0 Å². The molecular weight excluding hydrogens is 258 g/mol. The first kappa shape index (κ1) is 13.1. The van der Waals surface area contributed by atoms with Gasteiger partial charge in [-0.25, -0.2) is 4.79 Å². The van der Waals surface area contributed by atoms with Crippen LogP contribution in [-0.4, -0.2) is 45.8 Å². The number of amides is 1. The van der Waals surface area contributed by atoms with Gasteiger partial charge in [0, 0.05) is 5.41 Å². The highest BCUT2D eigenvalue weighted by molar-refractivity contribution is 8.03. The van der Waals surface area contributed by atoms with Crippen LogP contribution in [0, 0.1) is 5.92 Å². The number of hydrogen-bond acceptors (Lipinski definition) is 6. The molecule has 1 fully saturated rings. The second-order valence-electron chi connectivity index (χ2n) is 4.28. The first-order valence-corrected chi connectivity index (χ1v) is 6.41. The lowest BCUT2D eigenvalue weighted by Gasteiger charge is -2.43. The van der Waals surface area contributed by atoms with Crippen LogP contribution in [0.1, 0.15) is 13.8 Å². The summed E-state index contributed by atoms with van der Waals surface area (Å²) in [6, 6.07) is 0. The highest BCUT2D eigenvalue weighted by atomic mass is 32.2. The van der Waals surface area contributed by atoms with Gasteiger partial charge in [-0.05, 0) is 13.8 Å². The van der Waals surface area contributed by atoms with E-state index in [4.69, 9.17) is 4.74 Å². The number of aliphatic hydroxyl groups is 1. The zero-order valence-electron chi connectivity index (χ0n) is 9.95. The lowest BCUT2D eigenvalue weighted by atomic mass is 9.92. The monoisotopic (exact) mass is 271 g/mol. The Hall–Kier alpha value is -1.34. The van der Waals surface area contributed by atoms with Gasteiger partial charge in [0.2, 0.25) is 5.91 Å². The summed E-state index contributed by atoms with van der Waals surface area (Å²) in [5.41, 5.74) is 0.146. The highest BCUT2D eigenvalue weighted by Gasteiger charge is 2.55. The molecule has 0 spiro atoms. The molecule has 98 valence electrons. The van der Waals surface area contributed by atoms with Crippen molar-refractivity contribution in [3.63, 3.8) is 0 Å². The van der Waals surface area contributed by atoms with Crippen LogP contribution in [-0.2, 0) is 19.1 Å². The van der Waals surface area contributed by atoms with Crippen molar-refractivity contribution in [3.8, 4) is 0 Å². The Morgan fingerprint density at radius 3 is 2.83 bits per heavy atom. The molecule has 0 radical (unpaired) electrons. The van der Waals surface area contributed by atoms with Crippen molar-refractivity contribution in [1.82, 2.24) is 4.90 Å². The number of esters is 1. The third-order valence-corrected chi connectivity index (χ3v) is 3.94. The molecule has 0 aromatic rings. The van der Waals surface area contributed by atoms with Crippen molar-refractivity contribution in [3.05, 3.63) is 11.1 Å². The summed E-state index contributed by atoms with van der Waals surface area (Å²) in [4.78, 5) is 35.4. The van der Waals surface area contributed by atoms with E-state index < -0.39 is 18.0 Å². The number of Topliss-reactive ketones (excluding diaryl/α,β-unsaturated/α-hetero) is 1. The van der Waals surface area contributed by atoms with Gasteiger partial charge in [0.1, 0.15) is 17.7 Å². The van der Waals surface area contributed by atoms with Crippen molar-refractivity contribution >= 4 is 29.4 Å². The Bertz CT molecular complexity index is 445. The number of hydrogen-bond donors (Lipinski definition) is 1. The molecule has 1 N–H and O–H groups in total. The Kier molecular flexibility index (Phi) is 3.45. The predicted molar refractivity (Wildman–Crippen MR) is 63.1 cm³/mol. The zero-order valence-corrected chi connectivity index (χ0v) is 10.8. The minimum absolute atomic E-state index is 0.146. The van der Waals surface area contributed by atoms with Crippen molar-refractivity contribution in [1.29, 1.82) is 0 Å². The van der Waals surface area contributed by atoms with E-state index in [1.165, 1.54) is 29.0 Å². The fraction of sp³-hybridized carbons (Fsp3) is 0.545. The smallest absolute Gasteiger partial charge is 0.356 e. The number of carbonyl (C=O) groups is 3.